The zero-order valence-corrected chi connectivity index (χ0v) is 9.19. The zero-order valence-electron chi connectivity index (χ0n) is 6.85. The minimum Gasteiger partial charge on any atom is -0.298 e. The number of carbonyl (C=O) groups excluding carboxylic acids is 1. The standard InChI is InChI=1S/C9H7BrClFO/c1-5(13)9(10)6-2-7(11)4-8(12)3-6/h2-4,9H,1H3. The van der Waals surface area contributed by atoms with Crippen molar-refractivity contribution in [2.24, 2.45) is 0 Å². The van der Waals surface area contributed by atoms with Gasteiger partial charge in [0.1, 0.15) is 11.6 Å². The van der Waals surface area contributed by atoms with E-state index in [0.717, 1.165) is 0 Å². The first-order valence-corrected chi connectivity index (χ1v) is 4.90. The van der Waals surface area contributed by atoms with Gasteiger partial charge >= 0.3 is 0 Å². The Morgan fingerprint density at radius 1 is 1.54 bits per heavy atom. The second kappa shape index (κ2) is 4.20. The van der Waals surface area contributed by atoms with E-state index in [-0.39, 0.29) is 5.78 Å². The number of halogens is 3. The quantitative estimate of drug-likeness (QED) is 0.748. The van der Waals surface area contributed by atoms with E-state index >= 15 is 0 Å². The summed E-state index contributed by atoms with van der Waals surface area (Å²) in [4.78, 5) is 10.5. The molecule has 0 radical (unpaired) electrons. The van der Waals surface area contributed by atoms with Crippen molar-refractivity contribution in [2.75, 3.05) is 0 Å². The predicted molar refractivity (Wildman–Crippen MR) is 53.8 cm³/mol. The van der Waals surface area contributed by atoms with Crippen LogP contribution in [0.3, 0.4) is 0 Å². The summed E-state index contributed by atoms with van der Waals surface area (Å²) in [6.07, 6.45) is 0. The molecule has 70 valence electrons. The van der Waals surface area contributed by atoms with Crippen LogP contribution in [0.1, 0.15) is 17.3 Å². The molecule has 1 unspecified atom stereocenters. The maximum absolute atomic E-state index is 12.8. The topological polar surface area (TPSA) is 17.1 Å². The first-order valence-electron chi connectivity index (χ1n) is 3.61. The molecule has 0 saturated carbocycles. The van der Waals surface area contributed by atoms with Gasteiger partial charge in [0.05, 0.1) is 4.83 Å². The molecule has 0 aliphatic heterocycles. The van der Waals surface area contributed by atoms with E-state index in [0.29, 0.717) is 10.6 Å². The van der Waals surface area contributed by atoms with E-state index in [2.05, 4.69) is 15.9 Å². The molecule has 0 saturated heterocycles. The van der Waals surface area contributed by atoms with Crippen LogP contribution in [0.4, 0.5) is 4.39 Å². The Kier molecular flexibility index (Phi) is 3.45. The van der Waals surface area contributed by atoms with Crippen molar-refractivity contribution in [1.82, 2.24) is 0 Å². The first-order chi connectivity index (χ1) is 6.00. The lowest BCUT2D eigenvalue weighted by atomic mass is 10.1. The van der Waals surface area contributed by atoms with E-state index in [1.807, 2.05) is 0 Å². The Hall–Kier alpha value is -0.410. The Morgan fingerprint density at radius 2 is 2.15 bits per heavy atom. The molecule has 0 amide bonds. The van der Waals surface area contributed by atoms with Gasteiger partial charge in [0.2, 0.25) is 0 Å². The molecule has 1 nitrogen and oxygen atoms in total. The third-order valence-electron chi connectivity index (χ3n) is 1.53. The summed E-state index contributed by atoms with van der Waals surface area (Å²) < 4.78 is 12.8. The predicted octanol–water partition coefficient (Wildman–Crippen LogP) is 3.50. The summed E-state index contributed by atoms with van der Waals surface area (Å²) in [5, 5.41) is 0.292. The Morgan fingerprint density at radius 3 is 2.62 bits per heavy atom. The number of carbonyl (C=O) groups is 1. The lowest BCUT2D eigenvalue weighted by molar-refractivity contribution is -0.116. The highest BCUT2D eigenvalue weighted by molar-refractivity contribution is 9.09. The molecule has 0 aliphatic rings. The second-order valence-electron chi connectivity index (χ2n) is 2.68. The summed E-state index contributed by atoms with van der Waals surface area (Å²) in [5.41, 5.74) is 0.539. The Labute approximate surface area is 89.0 Å². The highest BCUT2D eigenvalue weighted by Gasteiger charge is 2.13. The van der Waals surface area contributed by atoms with Crippen molar-refractivity contribution < 1.29 is 9.18 Å². The number of ketones is 1. The van der Waals surface area contributed by atoms with Crippen LogP contribution in [0.15, 0.2) is 18.2 Å². The molecule has 0 aliphatic carbocycles. The number of Topliss-reactive ketones (excluding diaryl/α,β-unsaturated/α-hetero) is 1. The van der Waals surface area contributed by atoms with Crippen molar-refractivity contribution in [2.45, 2.75) is 11.8 Å². The third-order valence-corrected chi connectivity index (χ3v) is 2.93. The van der Waals surface area contributed by atoms with Crippen molar-refractivity contribution in [3.8, 4) is 0 Å². The molecular weight excluding hydrogens is 258 g/mol. The van der Waals surface area contributed by atoms with E-state index in [1.54, 1.807) is 6.07 Å². The van der Waals surface area contributed by atoms with Crippen LogP contribution < -0.4 is 0 Å². The van der Waals surface area contributed by atoms with E-state index in [9.17, 15) is 9.18 Å². The van der Waals surface area contributed by atoms with Crippen molar-refractivity contribution in [1.29, 1.82) is 0 Å². The molecule has 0 aromatic heterocycles. The molecule has 0 bridgehead atoms. The first kappa shape index (κ1) is 10.7. The second-order valence-corrected chi connectivity index (χ2v) is 4.03. The molecule has 0 N–H and O–H groups in total. The number of alkyl halides is 1. The number of hydrogen-bond donors (Lipinski definition) is 0. The van der Waals surface area contributed by atoms with Gasteiger partial charge in [-0.15, -0.1) is 0 Å². The molecule has 13 heavy (non-hydrogen) atoms. The molecule has 0 heterocycles. The highest BCUT2D eigenvalue weighted by Crippen LogP contribution is 2.26. The SMILES string of the molecule is CC(=O)C(Br)c1cc(F)cc(Cl)c1. The number of benzene rings is 1. The third kappa shape index (κ3) is 2.78. The van der Waals surface area contributed by atoms with Gasteiger partial charge in [0.15, 0.2) is 0 Å². The molecule has 1 aromatic rings. The van der Waals surface area contributed by atoms with Gasteiger partial charge in [-0.3, -0.25) is 4.79 Å². The van der Waals surface area contributed by atoms with Crippen LogP contribution >= 0.6 is 27.5 Å². The van der Waals surface area contributed by atoms with Gasteiger partial charge in [-0.25, -0.2) is 4.39 Å². The highest BCUT2D eigenvalue weighted by atomic mass is 79.9. The minimum atomic E-state index is -0.485. The lowest BCUT2D eigenvalue weighted by Gasteiger charge is -2.06. The maximum Gasteiger partial charge on any atom is 0.147 e. The number of rotatable bonds is 2. The Balaban J connectivity index is 3.07. The lowest BCUT2D eigenvalue weighted by Crippen LogP contribution is -2.01. The summed E-state index contributed by atoms with van der Waals surface area (Å²) >= 11 is 8.77. The van der Waals surface area contributed by atoms with Crippen LogP contribution in [-0.4, -0.2) is 5.78 Å². The summed E-state index contributed by atoms with van der Waals surface area (Å²) in [7, 11) is 0. The van der Waals surface area contributed by atoms with Crippen LogP contribution in [0, 0.1) is 5.82 Å². The molecule has 1 rings (SSSR count). The zero-order chi connectivity index (χ0) is 10.0. The average Bonchev–Trinajstić information content (AvgIpc) is 2.01. The fraction of sp³-hybridized carbons (Fsp3) is 0.222. The van der Waals surface area contributed by atoms with Crippen molar-refractivity contribution >= 4 is 33.3 Å². The molecule has 0 spiro atoms. The normalized spacial score (nSPS) is 12.6. The van der Waals surface area contributed by atoms with Crippen LogP contribution in [0.5, 0.6) is 0 Å². The van der Waals surface area contributed by atoms with E-state index in [1.165, 1.54) is 19.1 Å². The summed E-state index contributed by atoms with van der Waals surface area (Å²) in [6, 6.07) is 4.04. The van der Waals surface area contributed by atoms with Gasteiger partial charge in [-0.05, 0) is 30.7 Å². The van der Waals surface area contributed by atoms with Gasteiger partial charge in [-0.2, -0.15) is 0 Å². The monoisotopic (exact) mass is 264 g/mol. The van der Waals surface area contributed by atoms with Gasteiger partial charge in [-0.1, -0.05) is 27.5 Å². The van der Waals surface area contributed by atoms with Gasteiger partial charge in [0, 0.05) is 5.02 Å². The van der Waals surface area contributed by atoms with E-state index in [4.69, 9.17) is 11.6 Å². The van der Waals surface area contributed by atoms with Crippen LogP contribution in [0.25, 0.3) is 0 Å². The Bertz CT molecular complexity index is 320. The molecule has 1 aromatic carbocycles. The summed E-state index contributed by atoms with van der Waals surface area (Å²) in [6.45, 7) is 1.43. The number of hydrogen-bond acceptors (Lipinski definition) is 1. The van der Waals surface area contributed by atoms with E-state index < -0.39 is 10.6 Å². The fourth-order valence-corrected chi connectivity index (χ4v) is 1.45. The van der Waals surface area contributed by atoms with Crippen LogP contribution in [0.2, 0.25) is 5.02 Å². The maximum atomic E-state index is 12.8. The average molecular weight is 266 g/mol. The molecule has 4 heteroatoms. The van der Waals surface area contributed by atoms with Crippen LogP contribution in [-0.2, 0) is 4.79 Å². The van der Waals surface area contributed by atoms with Gasteiger partial charge in [0.25, 0.3) is 0 Å². The smallest absolute Gasteiger partial charge is 0.147 e. The largest absolute Gasteiger partial charge is 0.298 e. The minimum absolute atomic E-state index is 0.0818. The molecule has 1 atom stereocenters. The molecule has 0 fully saturated rings. The van der Waals surface area contributed by atoms with Crippen molar-refractivity contribution in [3.63, 3.8) is 0 Å². The fourth-order valence-electron chi connectivity index (χ4n) is 0.956. The summed E-state index contributed by atoms with van der Waals surface area (Å²) in [5.74, 6) is -0.519. The van der Waals surface area contributed by atoms with Crippen molar-refractivity contribution in [3.05, 3.63) is 34.6 Å². The van der Waals surface area contributed by atoms with Gasteiger partial charge < -0.3 is 0 Å². The molecular formula is C9H7BrClFO.